The van der Waals surface area contributed by atoms with Crippen LogP contribution in [-0.2, 0) is 11.2 Å². The molecule has 0 saturated carbocycles. The van der Waals surface area contributed by atoms with E-state index in [1.165, 1.54) is 22.7 Å². The highest BCUT2D eigenvalue weighted by molar-refractivity contribution is 7.14. The van der Waals surface area contributed by atoms with Crippen LogP contribution in [0.3, 0.4) is 0 Å². The summed E-state index contributed by atoms with van der Waals surface area (Å²) in [4.78, 5) is 29.0. The molecule has 2 amide bonds. The van der Waals surface area contributed by atoms with E-state index in [-0.39, 0.29) is 18.2 Å². The van der Waals surface area contributed by atoms with Gasteiger partial charge in [-0.3, -0.25) is 14.9 Å². The number of rotatable bonds is 6. The Bertz CT molecular complexity index is 858. The van der Waals surface area contributed by atoms with E-state index in [2.05, 4.69) is 15.6 Å². The largest absolute Gasteiger partial charge is 0.497 e. The molecular weight excluding hydrogens is 358 g/mol. The summed E-state index contributed by atoms with van der Waals surface area (Å²) in [5.41, 5.74) is 1.30. The quantitative estimate of drug-likeness (QED) is 0.691. The van der Waals surface area contributed by atoms with E-state index in [0.29, 0.717) is 21.4 Å². The van der Waals surface area contributed by atoms with Crippen molar-refractivity contribution < 1.29 is 14.3 Å². The number of anilines is 2. The summed E-state index contributed by atoms with van der Waals surface area (Å²) in [5, 5.41) is 9.61. The molecule has 2 aromatic heterocycles. The summed E-state index contributed by atoms with van der Waals surface area (Å²) in [5.74, 6) is 0.355. The van der Waals surface area contributed by atoms with E-state index in [4.69, 9.17) is 4.74 Å². The standard InChI is InChI=1S/C17H15N3O3S2/c1-23-13-6-4-11(5-7-13)18-15(21)9-12-10-25-17(19-12)20-16(22)14-3-2-8-24-14/h2-8,10H,9H2,1H3,(H,18,21)(H,19,20,22). The summed E-state index contributed by atoms with van der Waals surface area (Å²) in [7, 11) is 1.59. The third-order valence-electron chi connectivity index (χ3n) is 3.23. The molecule has 25 heavy (non-hydrogen) atoms. The Morgan fingerprint density at radius 2 is 1.92 bits per heavy atom. The summed E-state index contributed by atoms with van der Waals surface area (Å²) in [6.07, 6.45) is 0.136. The molecular formula is C17H15N3O3S2. The van der Waals surface area contributed by atoms with Crippen LogP contribution in [0.25, 0.3) is 0 Å². The first-order valence-electron chi connectivity index (χ1n) is 7.37. The van der Waals surface area contributed by atoms with Crippen LogP contribution < -0.4 is 15.4 Å². The Hall–Kier alpha value is -2.71. The van der Waals surface area contributed by atoms with Gasteiger partial charge in [-0.2, -0.15) is 0 Å². The van der Waals surface area contributed by atoms with Gasteiger partial charge in [0.1, 0.15) is 5.75 Å². The van der Waals surface area contributed by atoms with Gasteiger partial charge in [-0.1, -0.05) is 6.07 Å². The number of aromatic nitrogens is 1. The number of amides is 2. The van der Waals surface area contributed by atoms with Crippen molar-refractivity contribution in [1.29, 1.82) is 0 Å². The second-order valence-electron chi connectivity index (χ2n) is 5.03. The van der Waals surface area contributed by atoms with Crippen molar-refractivity contribution in [2.75, 3.05) is 17.7 Å². The topological polar surface area (TPSA) is 80.3 Å². The first-order chi connectivity index (χ1) is 12.1. The van der Waals surface area contributed by atoms with E-state index in [1.54, 1.807) is 42.8 Å². The molecule has 0 aliphatic heterocycles. The number of carbonyl (C=O) groups excluding carboxylic acids is 2. The minimum atomic E-state index is -0.196. The Balaban J connectivity index is 1.55. The van der Waals surface area contributed by atoms with Gasteiger partial charge < -0.3 is 10.1 Å². The molecule has 0 atom stereocenters. The molecule has 6 nitrogen and oxygen atoms in total. The summed E-state index contributed by atoms with van der Waals surface area (Å²) >= 11 is 2.66. The maximum Gasteiger partial charge on any atom is 0.267 e. The fraction of sp³-hybridized carbons (Fsp3) is 0.118. The van der Waals surface area contributed by atoms with E-state index >= 15 is 0 Å². The predicted molar refractivity (Wildman–Crippen MR) is 99.7 cm³/mol. The molecule has 0 spiro atoms. The van der Waals surface area contributed by atoms with Crippen LogP contribution in [0.5, 0.6) is 5.75 Å². The van der Waals surface area contributed by atoms with Crippen LogP contribution in [0, 0.1) is 0 Å². The molecule has 128 valence electrons. The summed E-state index contributed by atoms with van der Waals surface area (Å²) in [6, 6.07) is 10.6. The van der Waals surface area contributed by atoms with Gasteiger partial charge in [0.25, 0.3) is 5.91 Å². The second kappa shape index (κ2) is 7.91. The number of hydrogen-bond donors (Lipinski definition) is 2. The first kappa shape index (κ1) is 17.1. The number of thiazole rings is 1. The van der Waals surface area contributed by atoms with Gasteiger partial charge in [-0.25, -0.2) is 4.98 Å². The zero-order valence-electron chi connectivity index (χ0n) is 13.3. The lowest BCUT2D eigenvalue weighted by Gasteiger charge is -2.05. The van der Waals surface area contributed by atoms with Gasteiger partial charge in [-0.15, -0.1) is 22.7 Å². The zero-order chi connectivity index (χ0) is 17.6. The molecule has 3 aromatic rings. The van der Waals surface area contributed by atoms with Crippen molar-refractivity contribution in [2.45, 2.75) is 6.42 Å². The number of methoxy groups -OCH3 is 1. The Kier molecular flexibility index (Phi) is 5.42. The number of carbonyl (C=O) groups is 2. The first-order valence-corrected chi connectivity index (χ1v) is 9.13. The van der Waals surface area contributed by atoms with Crippen LogP contribution in [-0.4, -0.2) is 23.9 Å². The normalized spacial score (nSPS) is 10.3. The highest BCUT2D eigenvalue weighted by atomic mass is 32.1. The molecule has 0 radical (unpaired) electrons. The lowest BCUT2D eigenvalue weighted by atomic mass is 10.2. The third kappa shape index (κ3) is 4.65. The van der Waals surface area contributed by atoms with Gasteiger partial charge in [0, 0.05) is 11.1 Å². The number of nitrogens with zero attached hydrogens (tertiary/aromatic N) is 1. The fourth-order valence-corrected chi connectivity index (χ4v) is 3.38. The smallest absolute Gasteiger partial charge is 0.267 e. The summed E-state index contributed by atoms with van der Waals surface area (Å²) < 4.78 is 5.08. The van der Waals surface area contributed by atoms with Crippen LogP contribution in [0.2, 0.25) is 0 Å². The van der Waals surface area contributed by atoms with Crippen LogP contribution in [0.1, 0.15) is 15.4 Å². The van der Waals surface area contributed by atoms with Crippen LogP contribution in [0.4, 0.5) is 10.8 Å². The average Bonchev–Trinajstić information content (AvgIpc) is 3.27. The molecule has 0 aliphatic rings. The maximum absolute atomic E-state index is 12.1. The van der Waals surface area contributed by atoms with Crippen molar-refractivity contribution in [2.24, 2.45) is 0 Å². The minimum absolute atomic E-state index is 0.136. The number of thiophene rings is 1. The maximum atomic E-state index is 12.1. The van der Waals surface area contributed by atoms with Crippen molar-refractivity contribution in [3.8, 4) is 5.75 Å². The minimum Gasteiger partial charge on any atom is -0.497 e. The molecule has 0 bridgehead atoms. The van der Waals surface area contributed by atoms with Crippen molar-refractivity contribution in [1.82, 2.24) is 4.98 Å². The molecule has 2 heterocycles. The average molecular weight is 373 g/mol. The number of ether oxygens (including phenoxy) is 1. The number of nitrogens with one attached hydrogen (secondary N) is 2. The highest BCUT2D eigenvalue weighted by Crippen LogP contribution is 2.19. The highest BCUT2D eigenvalue weighted by Gasteiger charge is 2.12. The lowest BCUT2D eigenvalue weighted by molar-refractivity contribution is -0.115. The fourth-order valence-electron chi connectivity index (χ4n) is 2.06. The number of hydrogen-bond acceptors (Lipinski definition) is 6. The van der Waals surface area contributed by atoms with E-state index < -0.39 is 0 Å². The Morgan fingerprint density at radius 1 is 1.12 bits per heavy atom. The molecule has 8 heteroatoms. The van der Waals surface area contributed by atoms with Crippen molar-refractivity contribution >= 4 is 45.3 Å². The van der Waals surface area contributed by atoms with Crippen LogP contribution >= 0.6 is 22.7 Å². The Morgan fingerprint density at radius 3 is 2.60 bits per heavy atom. The van der Waals surface area contributed by atoms with Gasteiger partial charge in [0.05, 0.1) is 24.1 Å². The zero-order valence-corrected chi connectivity index (χ0v) is 14.9. The molecule has 0 saturated heterocycles. The molecule has 0 aliphatic carbocycles. The Labute approximate surface area is 152 Å². The van der Waals surface area contributed by atoms with Gasteiger partial charge in [-0.05, 0) is 35.7 Å². The van der Waals surface area contributed by atoms with Gasteiger partial charge in [0.15, 0.2) is 5.13 Å². The molecule has 0 unspecified atom stereocenters. The lowest BCUT2D eigenvalue weighted by Crippen LogP contribution is -2.15. The van der Waals surface area contributed by atoms with E-state index in [0.717, 1.165) is 5.75 Å². The van der Waals surface area contributed by atoms with Crippen molar-refractivity contribution in [3.05, 3.63) is 57.7 Å². The molecule has 1 aromatic carbocycles. The molecule has 0 fully saturated rings. The van der Waals surface area contributed by atoms with Crippen LogP contribution in [0.15, 0.2) is 47.2 Å². The summed E-state index contributed by atoms with van der Waals surface area (Å²) in [6.45, 7) is 0. The van der Waals surface area contributed by atoms with Gasteiger partial charge >= 0.3 is 0 Å². The predicted octanol–water partition coefficient (Wildman–Crippen LogP) is 3.65. The molecule has 2 N–H and O–H groups in total. The van der Waals surface area contributed by atoms with E-state index in [1.807, 2.05) is 11.4 Å². The van der Waals surface area contributed by atoms with E-state index in [9.17, 15) is 9.59 Å². The monoisotopic (exact) mass is 373 g/mol. The third-order valence-corrected chi connectivity index (χ3v) is 4.91. The van der Waals surface area contributed by atoms with Gasteiger partial charge in [0.2, 0.25) is 5.91 Å². The SMILES string of the molecule is COc1ccc(NC(=O)Cc2csc(NC(=O)c3cccs3)n2)cc1. The van der Waals surface area contributed by atoms with Crippen molar-refractivity contribution in [3.63, 3.8) is 0 Å². The molecule has 3 rings (SSSR count). The second-order valence-corrected chi connectivity index (χ2v) is 6.83. The number of benzene rings is 1.